The molecule has 0 saturated carbocycles. The minimum atomic E-state index is -0.406. The molecule has 0 aliphatic heterocycles. The number of hydrogen-bond acceptors (Lipinski definition) is 2. The van der Waals surface area contributed by atoms with E-state index in [1.165, 1.54) is 0 Å². The molecule has 23 heavy (non-hydrogen) atoms. The minimum absolute atomic E-state index is 0.0873. The van der Waals surface area contributed by atoms with E-state index >= 15 is 0 Å². The van der Waals surface area contributed by atoms with Gasteiger partial charge in [0.25, 0.3) is 5.91 Å². The molecule has 0 unspecified atom stereocenters. The number of anilines is 1. The first-order valence-corrected chi connectivity index (χ1v) is 8.11. The van der Waals surface area contributed by atoms with E-state index in [1.807, 2.05) is 38.1 Å². The van der Waals surface area contributed by atoms with Gasteiger partial charge in [-0.3, -0.25) is 4.79 Å². The maximum atomic E-state index is 12.3. The van der Waals surface area contributed by atoms with Gasteiger partial charge in [0.1, 0.15) is 11.6 Å². The van der Waals surface area contributed by atoms with E-state index in [0.29, 0.717) is 5.69 Å². The first-order chi connectivity index (χ1) is 11.0. The minimum Gasteiger partial charge on any atom is -0.349 e. The van der Waals surface area contributed by atoms with E-state index in [1.54, 1.807) is 18.2 Å². The zero-order valence-electron chi connectivity index (χ0n) is 13.4. The summed E-state index contributed by atoms with van der Waals surface area (Å²) in [5, 5.41) is 12.0. The summed E-state index contributed by atoms with van der Waals surface area (Å²) in [6.07, 6.45) is 1.64. The van der Waals surface area contributed by atoms with Gasteiger partial charge >= 0.3 is 0 Å². The second kappa shape index (κ2) is 7.30. The number of aromatic nitrogens is 1. The van der Waals surface area contributed by atoms with Crippen molar-refractivity contribution >= 4 is 33.6 Å². The van der Waals surface area contributed by atoms with E-state index in [-0.39, 0.29) is 5.57 Å². The van der Waals surface area contributed by atoms with Gasteiger partial charge in [0.05, 0.1) is 0 Å². The molecular formula is C18H18BrN3O. The van der Waals surface area contributed by atoms with Crippen LogP contribution in [0, 0.1) is 25.2 Å². The fraction of sp³-hybridized carbons (Fsp3) is 0.222. The van der Waals surface area contributed by atoms with Gasteiger partial charge in [0.2, 0.25) is 0 Å². The molecule has 0 spiro atoms. The van der Waals surface area contributed by atoms with Gasteiger partial charge in [-0.25, -0.2) is 0 Å². The Bertz CT molecular complexity index is 795. The fourth-order valence-corrected chi connectivity index (χ4v) is 2.76. The Morgan fingerprint density at radius 2 is 2.00 bits per heavy atom. The summed E-state index contributed by atoms with van der Waals surface area (Å²) >= 11 is 3.34. The van der Waals surface area contributed by atoms with E-state index in [0.717, 1.165) is 28.0 Å². The van der Waals surface area contributed by atoms with Gasteiger partial charge in [-0.05, 0) is 62.7 Å². The number of carbonyl (C=O) groups excluding carboxylic acids is 1. The van der Waals surface area contributed by atoms with E-state index in [9.17, 15) is 10.1 Å². The third-order valence-corrected chi connectivity index (χ3v) is 4.22. The van der Waals surface area contributed by atoms with E-state index in [2.05, 4.69) is 32.7 Å². The second-order valence-corrected chi connectivity index (χ2v) is 6.12. The lowest BCUT2D eigenvalue weighted by molar-refractivity contribution is -0.112. The van der Waals surface area contributed by atoms with Crippen molar-refractivity contribution in [3.05, 3.63) is 57.3 Å². The van der Waals surface area contributed by atoms with Crippen molar-refractivity contribution in [3.63, 3.8) is 0 Å². The summed E-state index contributed by atoms with van der Waals surface area (Å²) < 4.78 is 3.08. The molecule has 0 atom stereocenters. The molecule has 1 N–H and O–H groups in total. The van der Waals surface area contributed by atoms with Crippen LogP contribution < -0.4 is 5.32 Å². The van der Waals surface area contributed by atoms with Crippen molar-refractivity contribution in [2.45, 2.75) is 27.3 Å². The molecule has 1 aromatic carbocycles. The van der Waals surface area contributed by atoms with Crippen LogP contribution in [-0.2, 0) is 11.3 Å². The SMILES string of the molecule is CCn1c(C)cc(/C=C(/C#N)C(=O)Nc2ccc(Br)cc2)c1C. The van der Waals surface area contributed by atoms with Crippen LogP contribution in [0.2, 0.25) is 0 Å². The van der Waals surface area contributed by atoms with Crippen molar-refractivity contribution in [1.82, 2.24) is 4.57 Å². The van der Waals surface area contributed by atoms with E-state index < -0.39 is 5.91 Å². The molecule has 0 radical (unpaired) electrons. The Labute approximate surface area is 144 Å². The van der Waals surface area contributed by atoms with Crippen molar-refractivity contribution in [1.29, 1.82) is 5.26 Å². The lowest BCUT2D eigenvalue weighted by Crippen LogP contribution is -2.13. The lowest BCUT2D eigenvalue weighted by atomic mass is 10.1. The van der Waals surface area contributed by atoms with E-state index in [4.69, 9.17) is 0 Å². The molecule has 0 aliphatic rings. The average Bonchev–Trinajstić information content (AvgIpc) is 2.80. The number of nitriles is 1. The number of benzene rings is 1. The molecule has 2 aromatic rings. The van der Waals surface area contributed by atoms with Crippen molar-refractivity contribution < 1.29 is 4.79 Å². The summed E-state index contributed by atoms with van der Waals surface area (Å²) in [7, 11) is 0. The molecule has 0 fully saturated rings. The Morgan fingerprint density at radius 3 is 2.52 bits per heavy atom. The van der Waals surface area contributed by atoms with Crippen molar-refractivity contribution in [2.24, 2.45) is 0 Å². The van der Waals surface area contributed by atoms with Crippen LogP contribution in [-0.4, -0.2) is 10.5 Å². The molecule has 5 heteroatoms. The van der Waals surface area contributed by atoms with Gasteiger partial charge in [-0.1, -0.05) is 15.9 Å². The average molecular weight is 372 g/mol. The third kappa shape index (κ3) is 3.91. The van der Waals surface area contributed by atoms with Crippen LogP contribution in [0.1, 0.15) is 23.9 Å². The van der Waals surface area contributed by atoms with Crippen LogP contribution in [0.25, 0.3) is 6.08 Å². The smallest absolute Gasteiger partial charge is 0.266 e. The molecule has 4 nitrogen and oxygen atoms in total. The van der Waals surface area contributed by atoms with Crippen LogP contribution in [0.15, 0.2) is 40.4 Å². The van der Waals surface area contributed by atoms with Gasteiger partial charge in [-0.15, -0.1) is 0 Å². The second-order valence-electron chi connectivity index (χ2n) is 5.20. The van der Waals surface area contributed by atoms with Gasteiger partial charge in [-0.2, -0.15) is 5.26 Å². The topological polar surface area (TPSA) is 57.8 Å². The molecule has 1 aromatic heterocycles. The van der Waals surface area contributed by atoms with Crippen LogP contribution in [0.5, 0.6) is 0 Å². The summed E-state index contributed by atoms with van der Waals surface area (Å²) in [4.78, 5) is 12.3. The normalized spacial score (nSPS) is 11.2. The Morgan fingerprint density at radius 1 is 1.35 bits per heavy atom. The molecule has 2 rings (SSSR count). The van der Waals surface area contributed by atoms with Crippen LogP contribution >= 0.6 is 15.9 Å². The number of carbonyl (C=O) groups is 1. The Hall–Kier alpha value is -2.32. The van der Waals surface area contributed by atoms with Crippen LogP contribution in [0.4, 0.5) is 5.69 Å². The maximum absolute atomic E-state index is 12.3. The molecule has 1 amide bonds. The van der Waals surface area contributed by atoms with Crippen molar-refractivity contribution in [2.75, 3.05) is 5.32 Å². The number of amides is 1. The molecule has 1 heterocycles. The summed E-state index contributed by atoms with van der Waals surface area (Å²) in [5.74, 6) is -0.406. The zero-order chi connectivity index (χ0) is 17.0. The quantitative estimate of drug-likeness (QED) is 0.638. The fourth-order valence-electron chi connectivity index (χ4n) is 2.50. The number of aryl methyl sites for hydroxylation is 1. The highest BCUT2D eigenvalue weighted by atomic mass is 79.9. The highest BCUT2D eigenvalue weighted by molar-refractivity contribution is 9.10. The first-order valence-electron chi connectivity index (χ1n) is 7.31. The highest BCUT2D eigenvalue weighted by Crippen LogP contribution is 2.19. The monoisotopic (exact) mass is 371 g/mol. The summed E-state index contributed by atoms with van der Waals surface area (Å²) in [6, 6.07) is 11.2. The molecule has 0 saturated heterocycles. The number of rotatable bonds is 4. The van der Waals surface area contributed by atoms with Crippen LogP contribution in [0.3, 0.4) is 0 Å². The predicted octanol–water partition coefficient (Wildman–Crippen LogP) is 4.43. The molecular weight excluding hydrogens is 354 g/mol. The first kappa shape index (κ1) is 17.0. The lowest BCUT2D eigenvalue weighted by Gasteiger charge is -2.06. The number of halogens is 1. The maximum Gasteiger partial charge on any atom is 0.266 e. The predicted molar refractivity (Wildman–Crippen MR) is 95.9 cm³/mol. The van der Waals surface area contributed by atoms with Gasteiger partial charge in [0.15, 0.2) is 0 Å². The molecule has 118 valence electrons. The zero-order valence-corrected chi connectivity index (χ0v) is 14.9. The number of nitrogens with one attached hydrogen (secondary N) is 1. The highest BCUT2D eigenvalue weighted by Gasteiger charge is 2.12. The van der Waals surface area contributed by atoms with Crippen molar-refractivity contribution in [3.8, 4) is 6.07 Å². The Balaban J connectivity index is 2.27. The third-order valence-electron chi connectivity index (χ3n) is 3.70. The molecule has 0 bridgehead atoms. The summed E-state index contributed by atoms with van der Waals surface area (Å²) in [5.41, 5.74) is 3.80. The summed E-state index contributed by atoms with van der Waals surface area (Å²) in [6.45, 7) is 6.93. The standard InChI is InChI=1S/C18H18BrN3O/c1-4-22-12(2)9-14(13(22)3)10-15(11-20)18(23)21-17-7-5-16(19)6-8-17/h5-10H,4H2,1-3H3,(H,21,23)/b15-10-. The number of nitrogens with zero attached hydrogens (tertiary/aromatic N) is 2. The Kier molecular flexibility index (Phi) is 5.41. The molecule has 0 aliphatic carbocycles. The van der Waals surface area contributed by atoms with Gasteiger partial charge < -0.3 is 9.88 Å². The number of hydrogen-bond donors (Lipinski definition) is 1. The van der Waals surface area contributed by atoms with Gasteiger partial charge in [0, 0.05) is 28.1 Å². The largest absolute Gasteiger partial charge is 0.349 e.